The number of carbonyl (C=O) groups excluding carboxylic acids is 1. The molecule has 0 radical (unpaired) electrons. The van der Waals surface area contributed by atoms with Crippen LogP contribution >= 0.6 is 0 Å². The third-order valence-corrected chi connectivity index (χ3v) is 4.87. The normalized spacial score (nSPS) is 31.6. The van der Waals surface area contributed by atoms with E-state index in [0.717, 1.165) is 37.1 Å². The summed E-state index contributed by atoms with van der Waals surface area (Å²) in [4.78, 5) is 14.0. The predicted octanol–water partition coefficient (Wildman–Crippen LogP) is 2.40. The number of nitrogens with zero attached hydrogens (tertiary/aromatic N) is 1. The van der Waals surface area contributed by atoms with Crippen molar-refractivity contribution >= 4 is 5.91 Å². The highest BCUT2D eigenvalue weighted by Crippen LogP contribution is 2.48. The lowest BCUT2D eigenvalue weighted by molar-refractivity contribution is -0.130. The van der Waals surface area contributed by atoms with Crippen molar-refractivity contribution < 1.29 is 4.79 Å². The van der Waals surface area contributed by atoms with E-state index < -0.39 is 0 Å². The molecule has 0 aromatic heterocycles. The van der Waals surface area contributed by atoms with E-state index in [1.165, 1.54) is 25.7 Å². The maximum absolute atomic E-state index is 12.0. The van der Waals surface area contributed by atoms with Crippen molar-refractivity contribution in [3.63, 3.8) is 0 Å². The fraction of sp³-hybridized carbons (Fsp3) is 0.933. The number of hydrogen-bond acceptors (Lipinski definition) is 2. The van der Waals surface area contributed by atoms with Crippen LogP contribution in [0, 0.1) is 17.8 Å². The highest BCUT2D eigenvalue weighted by atomic mass is 16.2. The van der Waals surface area contributed by atoms with Crippen molar-refractivity contribution in [1.82, 2.24) is 4.90 Å². The molecule has 3 heteroatoms. The molecule has 4 unspecified atom stereocenters. The molecular formula is C15H28N2O. The zero-order chi connectivity index (χ0) is 13.1. The largest absolute Gasteiger partial charge is 0.345 e. The summed E-state index contributed by atoms with van der Waals surface area (Å²) in [6.45, 7) is 2.99. The number of nitrogens with two attached hydrogens (primary N) is 1. The Morgan fingerprint density at radius 3 is 2.72 bits per heavy atom. The van der Waals surface area contributed by atoms with Crippen LogP contribution in [0.3, 0.4) is 0 Å². The molecule has 2 N–H and O–H groups in total. The first-order valence-corrected chi connectivity index (χ1v) is 7.55. The van der Waals surface area contributed by atoms with Gasteiger partial charge in [0, 0.05) is 26.1 Å². The molecule has 0 spiro atoms. The third-order valence-electron chi connectivity index (χ3n) is 4.87. The van der Waals surface area contributed by atoms with E-state index >= 15 is 0 Å². The van der Waals surface area contributed by atoms with Gasteiger partial charge in [0.1, 0.15) is 0 Å². The van der Waals surface area contributed by atoms with Gasteiger partial charge < -0.3 is 10.6 Å². The Kier molecular flexibility index (Phi) is 4.66. The Hall–Kier alpha value is -0.570. The Labute approximate surface area is 111 Å². The second-order valence-corrected chi connectivity index (χ2v) is 6.58. The molecule has 0 aromatic carbocycles. The summed E-state index contributed by atoms with van der Waals surface area (Å²) in [6, 6.07) is 0.216. The molecular weight excluding hydrogens is 224 g/mol. The second kappa shape index (κ2) is 6.05. The van der Waals surface area contributed by atoms with Crippen LogP contribution < -0.4 is 5.73 Å². The van der Waals surface area contributed by atoms with Crippen molar-refractivity contribution in [2.75, 3.05) is 13.6 Å². The van der Waals surface area contributed by atoms with Gasteiger partial charge in [0.05, 0.1) is 0 Å². The molecule has 104 valence electrons. The van der Waals surface area contributed by atoms with Gasteiger partial charge in [0.15, 0.2) is 0 Å². The van der Waals surface area contributed by atoms with E-state index in [2.05, 4.69) is 0 Å². The van der Waals surface area contributed by atoms with E-state index in [4.69, 9.17) is 5.73 Å². The van der Waals surface area contributed by atoms with Gasteiger partial charge in [-0.2, -0.15) is 0 Å². The lowest BCUT2D eigenvalue weighted by Crippen LogP contribution is -2.33. The maximum Gasteiger partial charge on any atom is 0.222 e. The van der Waals surface area contributed by atoms with Gasteiger partial charge in [0.25, 0.3) is 0 Å². The Morgan fingerprint density at radius 2 is 2.17 bits per heavy atom. The molecule has 0 saturated heterocycles. The van der Waals surface area contributed by atoms with Crippen LogP contribution in [0.1, 0.15) is 51.9 Å². The van der Waals surface area contributed by atoms with Crippen molar-refractivity contribution in [2.24, 2.45) is 23.5 Å². The van der Waals surface area contributed by atoms with Crippen LogP contribution in [0.25, 0.3) is 0 Å². The molecule has 2 bridgehead atoms. The fourth-order valence-corrected chi connectivity index (χ4v) is 3.82. The minimum absolute atomic E-state index is 0.216. The summed E-state index contributed by atoms with van der Waals surface area (Å²) >= 11 is 0. The van der Waals surface area contributed by atoms with Gasteiger partial charge in [0.2, 0.25) is 5.91 Å². The number of carbonyl (C=O) groups is 1. The monoisotopic (exact) mass is 252 g/mol. The molecule has 0 aliphatic heterocycles. The Morgan fingerprint density at radius 1 is 1.39 bits per heavy atom. The molecule has 2 fully saturated rings. The maximum atomic E-state index is 12.0. The first-order chi connectivity index (χ1) is 8.56. The fourth-order valence-electron chi connectivity index (χ4n) is 3.82. The van der Waals surface area contributed by atoms with E-state index in [0.29, 0.717) is 12.3 Å². The van der Waals surface area contributed by atoms with Gasteiger partial charge >= 0.3 is 0 Å². The number of amides is 1. The summed E-state index contributed by atoms with van der Waals surface area (Å²) in [5.74, 6) is 2.97. The summed E-state index contributed by atoms with van der Waals surface area (Å²) in [7, 11) is 1.97. The Balaban J connectivity index is 1.67. The van der Waals surface area contributed by atoms with E-state index in [9.17, 15) is 4.79 Å². The smallest absolute Gasteiger partial charge is 0.222 e. The van der Waals surface area contributed by atoms with E-state index in [-0.39, 0.29) is 6.04 Å². The molecule has 3 nitrogen and oxygen atoms in total. The standard InChI is InChI=1S/C15H28N2O/c1-11(16)4-3-5-15(18)17(2)10-14-9-12-6-7-13(14)8-12/h11-14H,3-10,16H2,1-2H3. The second-order valence-electron chi connectivity index (χ2n) is 6.58. The van der Waals surface area contributed by atoms with Crippen molar-refractivity contribution in [3.05, 3.63) is 0 Å². The molecule has 2 saturated carbocycles. The average Bonchev–Trinajstić information content (AvgIpc) is 2.90. The molecule has 0 aromatic rings. The Bertz CT molecular complexity index is 290. The first kappa shape index (κ1) is 13.9. The van der Waals surface area contributed by atoms with Crippen molar-refractivity contribution in [2.45, 2.75) is 57.9 Å². The van der Waals surface area contributed by atoms with Crippen LogP contribution in [0.15, 0.2) is 0 Å². The van der Waals surface area contributed by atoms with Gasteiger partial charge in [-0.15, -0.1) is 0 Å². The number of hydrogen-bond donors (Lipinski definition) is 1. The van der Waals surface area contributed by atoms with Gasteiger partial charge in [-0.05, 0) is 56.8 Å². The topological polar surface area (TPSA) is 46.3 Å². The molecule has 4 atom stereocenters. The minimum atomic E-state index is 0.216. The predicted molar refractivity (Wildman–Crippen MR) is 74.1 cm³/mol. The van der Waals surface area contributed by atoms with Gasteiger partial charge in [-0.25, -0.2) is 0 Å². The molecule has 18 heavy (non-hydrogen) atoms. The molecule has 1 amide bonds. The number of fused-ring (bicyclic) bond motifs is 2. The summed E-state index contributed by atoms with van der Waals surface area (Å²) in [5, 5.41) is 0. The quantitative estimate of drug-likeness (QED) is 0.789. The van der Waals surface area contributed by atoms with Crippen LogP contribution in [0.2, 0.25) is 0 Å². The summed E-state index contributed by atoms with van der Waals surface area (Å²) in [6.07, 6.45) is 8.18. The van der Waals surface area contributed by atoms with Crippen LogP contribution in [-0.4, -0.2) is 30.4 Å². The van der Waals surface area contributed by atoms with Crippen molar-refractivity contribution in [1.29, 1.82) is 0 Å². The summed E-state index contributed by atoms with van der Waals surface area (Å²) < 4.78 is 0. The van der Waals surface area contributed by atoms with E-state index in [1.54, 1.807) is 0 Å². The number of rotatable bonds is 6. The average molecular weight is 252 g/mol. The lowest BCUT2D eigenvalue weighted by Gasteiger charge is -2.27. The van der Waals surface area contributed by atoms with Crippen LogP contribution in [-0.2, 0) is 4.79 Å². The first-order valence-electron chi connectivity index (χ1n) is 7.55. The van der Waals surface area contributed by atoms with Crippen LogP contribution in [0.4, 0.5) is 0 Å². The molecule has 2 aliphatic carbocycles. The highest BCUT2D eigenvalue weighted by Gasteiger charge is 2.39. The zero-order valence-electron chi connectivity index (χ0n) is 11.9. The molecule has 2 aliphatic rings. The summed E-state index contributed by atoms with van der Waals surface area (Å²) in [5.41, 5.74) is 5.70. The van der Waals surface area contributed by atoms with Crippen molar-refractivity contribution in [3.8, 4) is 0 Å². The lowest BCUT2D eigenvalue weighted by atomic mass is 9.88. The minimum Gasteiger partial charge on any atom is -0.345 e. The highest BCUT2D eigenvalue weighted by molar-refractivity contribution is 5.75. The van der Waals surface area contributed by atoms with E-state index in [1.807, 2.05) is 18.9 Å². The van der Waals surface area contributed by atoms with Crippen LogP contribution in [0.5, 0.6) is 0 Å². The molecule has 2 rings (SSSR count). The van der Waals surface area contributed by atoms with Gasteiger partial charge in [-0.1, -0.05) is 6.42 Å². The zero-order valence-corrected chi connectivity index (χ0v) is 11.9. The molecule has 0 heterocycles. The third kappa shape index (κ3) is 3.47. The van der Waals surface area contributed by atoms with Gasteiger partial charge in [-0.3, -0.25) is 4.79 Å². The SMILES string of the molecule is CC(N)CCCC(=O)N(C)CC1CC2CCC1C2.